The number of aliphatic hydroxyl groups excluding tert-OH is 1. The van der Waals surface area contributed by atoms with Crippen molar-refractivity contribution in [2.45, 2.75) is 19.9 Å². The lowest BCUT2D eigenvalue weighted by atomic mass is 9.93. The predicted octanol–water partition coefficient (Wildman–Crippen LogP) is 4.75. The summed E-state index contributed by atoms with van der Waals surface area (Å²) in [5.74, 6) is -1.77. The van der Waals surface area contributed by atoms with Crippen molar-refractivity contribution in [1.82, 2.24) is 4.98 Å². The monoisotopic (exact) mass is 534 g/mol. The summed E-state index contributed by atoms with van der Waals surface area (Å²) in [6, 6.07) is 10.8. The minimum absolute atomic E-state index is 0.0123. The van der Waals surface area contributed by atoms with Crippen molar-refractivity contribution in [1.29, 1.82) is 0 Å². The van der Waals surface area contributed by atoms with E-state index in [0.717, 1.165) is 11.3 Å². The zero-order chi connectivity index (χ0) is 27.6. The van der Waals surface area contributed by atoms with Crippen LogP contribution in [0.3, 0.4) is 0 Å². The normalized spacial score (nSPS) is 16.4. The maximum absolute atomic E-state index is 13.5. The molecule has 1 aliphatic rings. The number of methoxy groups -OCH3 is 2. The van der Waals surface area contributed by atoms with Crippen LogP contribution in [0.5, 0.6) is 11.5 Å². The summed E-state index contributed by atoms with van der Waals surface area (Å²) in [5, 5.41) is 11.6. The highest BCUT2D eigenvalue weighted by Gasteiger charge is 2.49. The van der Waals surface area contributed by atoms with Crippen LogP contribution in [0, 0.1) is 13.8 Å². The number of aryl methyl sites for hydroxylation is 2. The van der Waals surface area contributed by atoms with Gasteiger partial charge in [0.2, 0.25) is 0 Å². The van der Waals surface area contributed by atoms with E-state index in [9.17, 15) is 19.5 Å². The number of thiazole rings is 1. The van der Waals surface area contributed by atoms with Crippen LogP contribution in [0.25, 0.3) is 5.76 Å². The van der Waals surface area contributed by atoms with Gasteiger partial charge < -0.3 is 19.3 Å². The summed E-state index contributed by atoms with van der Waals surface area (Å²) >= 11 is 0.922. The van der Waals surface area contributed by atoms with E-state index in [1.165, 1.54) is 25.2 Å². The third-order valence-electron chi connectivity index (χ3n) is 6.08. The molecule has 2 aromatic carbocycles. The molecule has 0 bridgehead atoms. The van der Waals surface area contributed by atoms with Gasteiger partial charge in [0.15, 0.2) is 5.13 Å². The van der Waals surface area contributed by atoms with E-state index in [-0.39, 0.29) is 27.9 Å². The number of benzene rings is 2. The van der Waals surface area contributed by atoms with Gasteiger partial charge >= 0.3 is 11.9 Å². The van der Waals surface area contributed by atoms with E-state index in [0.29, 0.717) is 33.9 Å². The summed E-state index contributed by atoms with van der Waals surface area (Å²) in [5.41, 5.74) is 1.68. The molecule has 0 spiro atoms. The van der Waals surface area contributed by atoms with Crippen LogP contribution in [0.1, 0.15) is 38.1 Å². The van der Waals surface area contributed by atoms with Gasteiger partial charge in [0.05, 0.1) is 25.5 Å². The highest BCUT2D eigenvalue weighted by Crippen LogP contribution is 2.46. The molecule has 2 heterocycles. The molecule has 1 aromatic heterocycles. The smallest absolute Gasteiger partial charge is 0.350 e. The molecule has 0 saturated carbocycles. The lowest BCUT2D eigenvalue weighted by molar-refractivity contribution is -0.132. The number of hydrogen-bond acceptors (Lipinski definition) is 9. The highest BCUT2D eigenvalue weighted by atomic mass is 32.1. The highest BCUT2D eigenvalue weighted by molar-refractivity contribution is 7.17. The number of amides is 1. The molecule has 1 aliphatic heterocycles. The van der Waals surface area contributed by atoms with Gasteiger partial charge in [-0.15, -0.1) is 0 Å². The Balaban J connectivity index is 1.94. The number of esters is 1. The predicted molar refractivity (Wildman–Crippen MR) is 143 cm³/mol. The molecule has 4 rings (SSSR count). The molecule has 1 N–H and O–H groups in total. The van der Waals surface area contributed by atoms with E-state index >= 15 is 0 Å². The van der Waals surface area contributed by atoms with Gasteiger partial charge in [-0.05, 0) is 43.7 Å². The van der Waals surface area contributed by atoms with Crippen LogP contribution in [0.15, 0.2) is 60.7 Å². The number of hydrogen-bond donors (Lipinski definition) is 1. The van der Waals surface area contributed by atoms with Gasteiger partial charge in [0.25, 0.3) is 5.78 Å². The number of carbonyl (C=O) groups is 3. The molecule has 9 nitrogen and oxygen atoms in total. The number of nitrogens with zero attached hydrogens (tertiary/aromatic N) is 2. The van der Waals surface area contributed by atoms with Crippen molar-refractivity contribution in [3.05, 3.63) is 88.0 Å². The first-order valence-corrected chi connectivity index (χ1v) is 12.4. The van der Waals surface area contributed by atoms with Gasteiger partial charge in [-0.1, -0.05) is 42.2 Å². The number of aromatic nitrogens is 1. The zero-order valence-electron chi connectivity index (χ0n) is 21.3. The van der Waals surface area contributed by atoms with Crippen LogP contribution in [-0.4, -0.2) is 48.6 Å². The number of rotatable bonds is 8. The summed E-state index contributed by atoms with van der Waals surface area (Å²) in [7, 11) is 3.00. The van der Waals surface area contributed by atoms with E-state index in [1.807, 2.05) is 0 Å². The van der Waals surface area contributed by atoms with Crippen LogP contribution in [-0.2, 0) is 14.3 Å². The summed E-state index contributed by atoms with van der Waals surface area (Å²) in [6.07, 6.45) is 1.44. The van der Waals surface area contributed by atoms with E-state index < -0.39 is 23.7 Å². The second-order valence-corrected chi connectivity index (χ2v) is 9.37. The minimum atomic E-state index is -1.07. The van der Waals surface area contributed by atoms with Crippen LogP contribution in [0.2, 0.25) is 0 Å². The Hall–Kier alpha value is -4.44. The molecule has 0 aliphatic carbocycles. The SMILES string of the molecule is C=CCOC(=O)c1sc(N2C(=O)C(=O)/C(=C(/O)c3ccc(OC)cc3C)[C@H]2c2ccccc2OC)nc1C. The van der Waals surface area contributed by atoms with Crippen LogP contribution >= 0.6 is 11.3 Å². The minimum Gasteiger partial charge on any atom is -0.507 e. The largest absolute Gasteiger partial charge is 0.507 e. The van der Waals surface area contributed by atoms with Gasteiger partial charge in [-0.3, -0.25) is 14.5 Å². The van der Waals surface area contributed by atoms with Gasteiger partial charge in [-0.2, -0.15) is 0 Å². The third-order valence-corrected chi connectivity index (χ3v) is 7.21. The van der Waals surface area contributed by atoms with Crippen molar-refractivity contribution >= 4 is 39.9 Å². The summed E-state index contributed by atoms with van der Waals surface area (Å²) in [4.78, 5) is 45.3. The molecule has 1 fully saturated rings. The van der Waals surface area contributed by atoms with Crippen LogP contribution < -0.4 is 14.4 Å². The maximum Gasteiger partial charge on any atom is 0.350 e. The Labute approximate surface area is 223 Å². The Morgan fingerprint density at radius 2 is 1.89 bits per heavy atom. The van der Waals surface area contributed by atoms with Gasteiger partial charge in [0.1, 0.15) is 34.8 Å². The van der Waals surface area contributed by atoms with Gasteiger partial charge in [-0.25, -0.2) is 9.78 Å². The van der Waals surface area contributed by atoms with Crippen molar-refractivity contribution in [3.63, 3.8) is 0 Å². The topological polar surface area (TPSA) is 115 Å². The molecule has 1 amide bonds. The first-order valence-electron chi connectivity index (χ1n) is 11.6. The average Bonchev–Trinajstić information content (AvgIpc) is 3.43. The number of aliphatic hydroxyl groups is 1. The molecular formula is C28H26N2O7S. The molecule has 0 unspecified atom stereocenters. The average molecular weight is 535 g/mol. The van der Waals surface area contributed by atoms with Crippen molar-refractivity contribution < 1.29 is 33.7 Å². The number of ketones is 1. The molecule has 196 valence electrons. The van der Waals surface area contributed by atoms with E-state index in [4.69, 9.17) is 14.2 Å². The fourth-order valence-electron chi connectivity index (χ4n) is 4.27. The molecule has 0 radical (unpaired) electrons. The zero-order valence-corrected chi connectivity index (χ0v) is 22.1. The Morgan fingerprint density at radius 1 is 1.16 bits per heavy atom. The molecule has 3 aromatic rings. The number of para-hydroxylation sites is 1. The number of Topliss-reactive ketones (excluding diaryl/α,β-unsaturated/α-hetero) is 1. The fraction of sp³-hybridized carbons (Fsp3) is 0.214. The Morgan fingerprint density at radius 3 is 2.55 bits per heavy atom. The lowest BCUT2D eigenvalue weighted by Gasteiger charge is -2.24. The van der Waals surface area contributed by atoms with E-state index in [2.05, 4.69) is 11.6 Å². The number of ether oxygens (including phenoxy) is 3. The molecule has 38 heavy (non-hydrogen) atoms. The first-order chi connectivity index (χ1) is 18.2. The maximum atomic E-state index is 13.5. The third kappa shape index (κ3) is 4.66. The second-order valence-electron chi connectivity index (χ2n) is 8.39. The number of carbonyl (C=O) groups excluding carboxylic acids is 3. The van der Waals surface area contributed by atoms with Gasteiger partial charge in [0, 0.05) is 11.1 Å². The molecular weight excluding hydrogens is 508 g/mol. The Bertz CT molecular complexity index is 1470. The Kier molecular flexibility index (Phi) is 7.63. The van der Waals surface area contributed by atoms with Crippen LogP contribution in [0.4, 0.5) is 5.13 Å². The standard InChI is InChI=1S/C28H26N2O7S/c1-6-13-37-27(34)25-16(3)29-28(38-25)30-22(19-9-7-8-10-20(19)36-5)21(24(32)26(30)33)23(31)18-12-11-17(35-4)14-15(18)2/h6-12,14,22,31H,1,13H2,2-5H3/b23-21+/t22-/m1/s1. The number of anilines is 1. The van der Waals surface area contributed by atoms with Crippen molar-refractivity contribution in [2.24, 2.45) is 0 Å². The fourth-order valence-corrected chi connectivity index (χ4v) is 5.25. The lowest BCUT2D eigenvalue weighted by Crippen LogP contribution is -2.29. The second kappa shape index (κ2) is 10.9. The molecule has 1 saturated heterocycles. The summed E-state index contributed by atoms with van der Waals surface area (Å²) < 4.78 is 15.9. The van der Waals surface area contributed by atoms with Crippen molar-refractivity contribution in [2.75, 3.05) is 25.7 Å². The van der Waals surface area contributed by atoms with Crippen molar-refractivity contribution in [3.8, 4) is 11.5 Å². The quantitative estimate of drug-likeness (QED) is 0.145. The first kappa shape index (κ1) is 26.6. The summed E-state index contributed by atoms with van der Waals surface area (Å²) in [6.45, 7) is 6.92. The molecule has 10 heteroatoms. The van der Waals surface area contributed by atoms with E-state index in [1.54, 1.807) is 56.3 Å². The molecule has 1 atom stereocenters.